The van der Waals surface area contributed by atoms with Crippen molar-refractivity contribution in [1.82, 2.24) is 4.57 Å². The molecule has 4 aromatic rings. The maximum absolute atomic E-state index is 12.5. The Balaban J connectivity index is 1.53. The highest BCUT2D eigenvalue weighted by Crippen LogP contribution is 2.31. The van der Waals surface area contributed by atoms with E-state index >= 15 is 0 Å². The number of aryl methyl sites for hydroxylation is 3. The predicted octanol–water partition coefficient (Wildman–Crippen LogP) is 6.35. The third kappa shape index (κ3) is 4.60. The van der Waals surface area contributed by atoms with Crippen LogP contribution in [-0.2, 0) is 11.3 Å². The summed E-state index contributed by atoms with van der Waals surface area (Å²) < 4.78 is 2.29. The number of aromatic nitrogens is 1. The van der Waals surface area contributed by atoms with Crippen molar-refractivity contribution in [3.05, 3.63) is 95.2 Å². The van der Waals surface area contributed by atoms with E-state index in [0.29, 0.717) is 5.75 Å². The van der Waals surface area contributed by atoms with Gasteiger partial charge in [-0.05, 0) is 55.7 Å². The van der Waals surface area contributed by atoms with E-state index in [4.69, 9.17) is 0 Å². The third-order valence-corrected chi connectivity index (χ3v) is 6.30. The Kier molecular flexibility index (Phi) is 5.96. The molecule has 30 heavy (non-hydrogen) atoms. The largest absolute Gasteiger partial charge is 0.342 e. The Morgan fingerprint density at radius 2 is 1.73 bits per heavy atom. The Labute approximate surface area is 182 Å². The molecule has 3 nitrogen and oxygen atoms in total. The van der Waals surface area contributed by atoms with Gasteiger partial charge in [0, 0.05) is 34.2 Å². The Morgan fingerprint density at radius 1 is 0.933 bits per heavy atom. The van der Waals surface area contributed by atoms with Gasteiger partial charge in [-0.15, -0.1) is 11.8 Å². The third-order valence-electron chi connectivity index (χ3n) is 5.26. The van der Waals surface area contributed by atoms with Crippen molar-refractivity contribution in [3.63, 3.8) is 0 Å². The minimum atomic E-state index is 0.0111. The van der Waals surface area contributed by atoms with Crippen molar-refractivity contribution in [2.75, 3.05) is 11.1 Å². The van der Waals surface area contributed by atoms with Gasteiger partial charge in [0.1, 0.15) is 0 Å². The average molecular weight is 415 g/mol. The van der Waals surface area contributed by atoms with Crippen molar-refractivity contribution in [1.29, 1.82) is 0 Å². The second-order valence-corrected chi connectivity index (χ2v) is 8.79. The van der Waals surface area contributed by atoms with Gasteiger partial charge in [-0.2, -0.15) is 0 Å². The molecule has 0 fully saturated rings. The molecular weight excluding hydrogens is 388 g/mol. The van der Waals surface area contributed by atoms with Crippen LogP contribution in [0, 0.1) is 20.8 Å². The van der Waals surface area contributed by atoms with Gasteiger partial charge >= 0.3 is 0 Å². The maximum Gasteiger partial charge on any atom is 0.234 e. The lowest BCUT2D eigenvalue weighted by Gasteiger charge is -2.09. The topological polar surface area (TPSA) is 34.0 Å². The van der Waals surface area contributed by atoms with Gasteiger partial charge in [-0.3, -0.25) is 4.79 Å². The van der Waals surface area contributed by atoms with E-state index in [0.717, 1.165) is 22.7 Å². The number of benzene rings is 3. The monoisotopic (exact) mass is 414 g/mol. The van der Waals surface area contributed by atoms with Gasteiger partial charge in [0.25, 0.3) is 0 Å². The molecule has 0 aliphatic rings. The molecule has 0 radical (unpaired) electrons. The molecule has 1 aromatic heterocycles. The number of amides is 1. The Morgan fingerprint density at radius 3 is 2.57 bits per heavy atom. The molecule has 0 unspecified atom stereocenters. The van der Waals surface area contributed by atoms with Gasteiger partial charge in [0.05, 0.1) is 5.75 Å². The molecule has 0 saturated heterocycles. The van der Waals surface area contributed by atoms with E-state index in [2.05, 4.69) is 72.4 Å². The van der Waals surface area contributed by atoms with E-state index in [1.54, 1.807) is 11.8 Å². The van der Waals surface area contributed by atoms with Gasteiger partial charge in [0.2, 0.25) is 5.91 Å². The normalized spacial score (nSPS) is 11.0. The zero-order valence-corrected chi connectivity index (χ0v) is 18.4. The predicted molar refractivity (Wildman–Crippen MR) is 127 cm³/mol. The van der Waals surface area contributed by atoms with Crippen LogP contribution in [0.25, 0.3) is 10.9 Å². The van der Waals surface area contributed by atoms with E-state index < -0.39 is 0 Å². The first-order valence-electron chi connectivity index (χ1n) is 10.1. The summed E-state index contributed by atoms with van der Waals surface area (Å²) in [5.41, 5.74) is 7.07. The van der Waals surface area contributed by atoms with E-state index in [1.165, 1.54) is 27.6 Å². The van der Waals surface area contributed by atoms with Gasteiger partial charge in [-0.25, -0.2) is 0 Å². The summed E-state index contributed by atoms with van der Waals surface area (Å²) in [6.45, 7) is 7.13. The smallest absolute Gasteiger partial charge is 0.234 e. The summed E-state index contributed by atoms with van der Waals surface area (Å²) in [7, 11) is 0. The number of nitrogens with one attached hydrogen (secondary N) is 1. The summed E-state index contributed by atoms with van der Waals surface area (Å²) in [4.78, 5) is 13.6. The Bertz CT molecular complexity index is 1210. The number of para-hydroxylation sites is 1. The summed E-state index contributed by atoms with van der Waals surface area (Å²) >= 11 is 1.59. The van der Waals surface area contributed by atoms with Gasteiger partial charge in [0.15, 0.2) is 0 Å². The average Bonchev–Trinajstić information content (AvgIpc) is 3.07. The standard InChI is InChI=1S/C26H26N2OS/c1-18-7-6-8-22(14-18)27-26(29)17-30-25-16-28(24-10-5-4-9-23(24)25)15-21-13-19(2)11-12-20(21)3/h4-14,16H,15,17H2,1-3H3,(H,27,29). The first kappa shape index (κ1) is 20.3. The highest BCUT2D eigenvalue weighted by atomic mass is 32.2. The summed E-state index contributed by atoms with van der Waals surface area (Å²) in [6.07, 6.45) is 2.18. The number of hydrogen-bond acceptors (Lipinski definition) is 2. The van der Waals surface area contributed by atoms with Crippen LogP contribution < -0.4 is 5.32 Å². The number of rotatable bonds is 6. The quantitative estimate of drug-likeness (QED) is 0.373. The highest BCUT2D eigenvalue weighted by Gasteiger charge is 2.12. The molecule has 0 saturated carbocycles. The molecule has 0 aliphatic carbocycles. The molecule has 152 valence electrons. The lowest BCUT2D eigenvalue weighted by Crippen LogP contribution is -2.13. The number of fused-ring (bicyclic) bond motifs is 1. The van der Waals surface area contributed by atoms with Gasteiger partial charge < -0.3 is 9.88 Å². The number of anilines is 1. The molecule has 4 heteroatoms. The summed E-state index contributed by atoms with van der Waals surface area (Å²) in [5, 5.41) is 4.19. The fraction of sp³-hybridized carbons (Fsp3) is 0.192. The van der Waals surface area contributed by atoms with Crippen LogP contribution in [0.1, 0.15) is 22.3 Å². The van der Waals surface area contributed by atoms with Crippen LogP contribution in [-0.4, -0.2) is 16.2 Å². The highest BCUT2D eigenvalue weighted by molar-refractivity contribution is 8.00. The van der Waals surface area contributed by atoms with Crippen molar-refractivity contribution < 1.29 is 4.79 Å². The van der Waals surface area contributed by atoms with Crippen LogP contribution >= 0.6 is 11.8 Å². The molecule has 0 atom stereocenters. The second kappa shape index (κ2) is 8.80. The maximum atomic E-state index is 12.5. The minimum Gasteiger partial charge on any atom is -0.342 e. The van der Waals surface area contributed by atoms with E-state index in [9.17, 15) is 4.79 Å². The number of carbonyl (C=O) groups excluding carboxylic acids is 1. The lowest BCUT2D eigenvalue weighted by molar-refractivity contribution is -0.113. The van der Waals surface area contributed by atoms with Crippen LogP contribution in [0.3, 0.4) is 0 Å². The zero-order chi connectivity index (χ0) is 21.1. The molecule has 0 aliphatic heterocycles. The summed E-state index contributed by atoms with van der Waals surface area (Å²) in [6, 6.07) is 22.9. The van der Waals surface area contributed by atoms with Crippen LogP contribution in [0.4, 0.5) is 5.69 Å². The number of nitrogens with zero attached hydrogens (tertiary/aromatic N) is 1. The van der Waals surface area contributed by atoms with Crippen molar-refractivity contribution in [3.8, 4) is 0 Å². The van der Waals surface area contributed by atoms with Gasteiger partial charge in [-0.1, -0.05) is 54.1 Å². The molecule has 1 heterocycles. The molecule has 0 bridgehead atoms. The molecule has 0 spiro atoms. The van der Waals surface area contributed by atoms with E-state index in [-0.39, 0.29) is 5.91 Å². The lowest BCUT2D eigenvalue weighted by atomic mass is 10.1. The minimum absolute atomic E-state index is 0.0111. The number of hydrogen-bond donors (Lipinski definition) is 1. The first-order valence-corrected chi connectivity index (χ1v) is 11.1. The molecule has 1 amide bonds. The van der Waals surface area contributed by atoms with E-state index in [1.807, 2.05) is 31.2 Å². The van der Waals surface area contributed by atoms with Crippen LogP contribution in [0.15, 0.2) is 77.8 Å². The second-order valence-electron chi connectivity index (χ2n) is 7.77. The molecule has 4 rings (SSSR count). The number of carbonyl (C=O) groups is 1. The fourth-order valence-electron chi connectivity index (χ4n) is 3.68. The van der Waals surface area contributed by atoms with Crippen LogP contribution in [0.2, 0.25) is 0 Å². The first-order chi connectivity index (χ1) is 14.5. The molecule has 1 N–H and O–H groups in total. The van der Waals surface area contributed by atoms with Crippen molar-refractivity contribution in [2.45, 2.75) is 32.2 Å². The van der Waals surface area contributed by atoms with Crippen LogP contribution in [0.5, 0.6) is 0 Å². The molecular formula is C26H26N2OS. The van der Waals surface area contributed by atoms with Crippen molar-refractivity contribution >= 4 is 34.3 Å². The van der Waals surface area contributed by atoms with Crippen molar-refractivity contribution in [2.24, 2.45) is 0 Å². The summed E-state index contributed by atoms with van der Waals surface area (Å²) in [5.74, 6) is 0.391. The zero-order valence-electron chi connectivity index (χ0n) is 17.6. The SMILES string of the molecule is Cc1cccc(NC(=O)CSc2cn(Cc3cc(C)ccc3C)c3ccccc23)c1. The molecule has 3 aromatic carbocycles. The number of thioether (sulfide) groups is 1. The fourth-order valence-corrected chi connectivity index (χ4v) is 4.56. The Hall–Kier alpha value is -2.98.